The quantitative estimate of drug-likeness (QED) is 0.370. The Labute approximate surface area is 159 Å². The molecule has 0 spiro atoms. The summed E-state index contributed by atoms with van der Waals surface area (Å²) in [6.45, 7) is 7.75. The number of hydrogen-bond donors (Lipinski definition) is 3. The molecule has 0 aromatic carbocycles. The first-order valence-electron chi connectivity index (χ1n) is 7.81. The summed E-state index contributed by atoms with van der Waals surface area (Å²) in [5.41, 5.74) is 0.512. The van der Waals surface area contributed by atoms with Gasteiger partial charge in [0.25, 0.3) is 0 Å². The van der Waals surface area contributed by atoms with E-state index in [-0.39, 0.29) is 36.1 Å². The number of nitrogens with zero attached hydrogens (tertiary/aromatic N) is 3. The molecule has 0 saturated carbocycles. The fraction of sp³-hybridized carbons (Fsp3) is 0.667. The summed E-state index contributed by atoms with van der Waals surface area (Å²) in [5.74, 6) is 0.813. The van der Waals surface area contributed by atoms with Crippen molar-refractivity contribution in [3.8, 4) is 0 Å². The van der Waals surface area contributed by atoms with E-state index in [0.29, 0.717) is 13.1 Å². The van der Waals surface area contributed by atoms with Crippen LogP contribution in [0.3, 0.4) is 0 Å². The Bertz CT molecular complexity index is 541. The Morgan fingerprint density at radius 1 is 1.54 bits per heavy atom. The molecule has 1 aromatic heterocycles. The minimum Gasteiger partial charge on any atom is -0.444 e. The molecule has 1 atom stereocenters. The van der Waals surface area contributed by atoms with Crippen molar-refractivity contribution in [1.29, 1.82) is 0 Å². The molecule has 136 valence electrons. The average Bonchev–Trinajstić information content (AvgIpc) is 3.09. The lowest BCUT2D eigenvalue weighted by molar-refractivity contribution is 0.0507. The van der Waals surface area contributed by atoms with Gasteiger partial charge >= 0.3 is 6.09 Å². The molecule has 24 heavy (non-hydrogen) atoms. The Morgan fingerprint density at radius 2 is 2.29 bits per heavy atom. The van der Waals surface area contributed by atoms with E-state index in [1.165, 1.54) is 0 Å². The Balaban J connectivity index is 0.00000288. The highest BCUT2D eigenvalue weighted by Gasteiger charge is 2.27. The number of guanidine groups is 1. The molecule has 8 nitrogen and oxygen atoms in total. The zero-order valence-corrected chi connectivity index (χ0v) is 17.0. The maximum Gasteiger partial charge on any atom is 0.407 e. The van der Waals surface area contributed by atoms with Gasteiger partial charge in [-0.25, -0.2) is 4.79 Å². The van der Waals surface area contributed by atoms with E-state index in [4.69, 9.17) is 4.74 Å². The van der Waals surface area contributed by atoms with Crippen LogP contribution < -0.4 is 10.6 Å². The van der Waals surface area contributed by atoms with Gasteiger partial charge in [0.15, 0.2) is 5.96 Å². The van der Waals surface area contributed by atoms with Gasteiger partial charge in [-0.3, -0.25) is 10.1 Å². The van der Waals surface area contributed by atoms with Crippen molar-refractivity contribution in [3.63, 3.8) is 0 Å². The molecule has 9 heteroatoms. The molecular formula is C15H27IN6O2. The minimum atomic E-state index is -0.482. The maximum atomic E-state index is 11.8. The van der Waals surface area contributed by atoms with Crippen LogP contribution in [0.25, 0.3) is 0 Å². The van der Waals surface area contributed by atoms with Crippen LogP contribution in [0.5, 0.6) is 0 Å². The van der Waals surface area contributed by atoms with Crippen molar-refractivity contribution in [3.05, 3.63) is 18.0 Å². The lowest BCUT2D eigenvalue weighted by atomic mass is 10.2. The summed E-state index contributed by atoms with van der Waals surface area (Å²) in [5, 5.41) is 13.0. The van der Waals surface area contributed by atoms with Gasteiger partial charge in [0, 0.05) is 26.3 Å². The van der Waals surface area contributed by atoms with Crippen molar-refractivity contribution >= 4 is 36.0 Å². The number of hydrogen-bond acceptors (Lipinski definition) is 4. The van der Waals surface area contributed by atoms with Crippen LogP contribution in [-0.2, 0) is 11.3 Å². The summed E-state index contributed by atoms with van der Waals surface area (Å²) >= 11 is 0. The van der Waals surface area contributed by atoms with Gasteiger partial charge in [-0.1, -0.05) is 0 Å². The van der Waals surface area contributed by atoms with Crippen molar-refractivity contribution < 1.29 is 9.53 Å². The van der Waals surface area contributed by atoms with E-state index in [2.05, 4.69) is 30.7 Å². The maximum absolute atomic E-state index is 11.8. The number of aliphatic imine (C=N–C) groups is 1. The molecule has 0 radical (unpaired) electrons. The predicted octanol–water partition coefficient (Wildman–Crippen LogP) is 1.70. The fourth-order valence-electron chi connectivity index (χ4n) is 2.43. The van der Waals surface area contributed by atoms with Gasteiger partial charge in [-0.2, -0.15) is 5.10 Å². The first-order valence-corrected chi connectivity index (χ1v) is 7.81. The topological polar surface area (TPSA) is 94.6 Å². The molecule has 1 aliphatic rings. The average molecular weight is 450 g/mol. The number of H-pyrrole nitrogens is 1. The molecule has 1 aromatic rings. The smallest absolute Gasteiger partial charge is 0.407 e. The zero-order chi connectivity index (χ0) is 16.9. The Hall–Kier alpha value is -1.52. The number of rotatable bonds is 3. The van der Waals surface area contributed by atoms with E-state index < -0.39 is 5.60 Å². The van der Waals surface area contributed by atoms with Crippen LogP contribution in [-0.4, -0.2) is 58.9 Å². The number of ether oxygens (including phenoxy) is 1. The molecular weight excluding hydrogens is 423 g/mol. The molecule has 3 N–H and O–H groups in total. The van der Waals surface area contributed by atoms with Crippen molar-refractivity contribution in [2.45, 2.75) is 45.4 Å². The number of nitrogens with one attached hydrogen (secondary N) is 3. The second-order valence-corrected chi connectivity index (χ2v) is 6.56. The lowest BCUT2D eigenvalue weighted by Crippen LogP contribution is -2.44. The summed E-state index contributed by atoms with van der Waals surface area (Å²) in [6.07, 6.45) is 2.21. The van der Waals surface area contributed by atoms with Crippen LogP contribution in [0.2, 0.25) is 0 Å². The molecule has 0 aliphatic carbocycles. The number of aromatic nitrogens is 2. The number of aromatic amines is 1. The van der Waals surface area contributed by atoms with E-state index in [9.17, 15) is 4.79 Å². The molecule has 1 saturated heterocycles. The third-order valence-corrected chi connectivity index (χ3v) is 3.42. The van der Waals surface area contributed by atoms with Crippen LogP contribution in [0.1, 0.15) is 32.9 Å². The Kier molecular flexibility index (Phi) is 7.77. The number of carbonyl (C=O) groups is 1. The van der Waals surface area contributed by atoms with Crippen LogP contribution in [0, 0.1) is 0 Å². The van der Waals surface area contributed by atoms with Crippen LogP contribution >= 0.6 is 24.0 Å². The summed E-state index contributed by atoms with van der Waals surface area (Å²) in [7, 11) is 1.75. The monoisotopic (exact) mass is 450 g/mol. The summed E-state index contributed by atoms with van der Waals surface area (Å²) < 4.78 is 5.29. The first-order chi connectivity index (χ1) is 10.9. The van der Waals surface area contributed by atoms with Gasteiger partial charge in [0.1, 0.15) is 5.60 Å². The molecule has 1 aliphatic heterocycles. The third-order valence-electron chi connectivity index (χ3n) is 3.42. The second kappa shape index (κ2) is 9.09. The molecule has 2 rings (SSSR count). The highest BCUT2D eigenvalue weighted by Crippen LogP contribution is 2.12. The van der Waals surface area contributed by atoms with Crippen molar-refractivity contribution in [2.24, 2.45) is 4.99 Å². The van der Waals surface area contributed by atoms with Crippen molar-refractivity contribution in [2.75, 3.05) is 20.1 Å². The minimum absolute atomic E-state index is 0. The van der Waals surface area contributed by atoms with Crippen LogP contribution in [0.15, 0.2) is 17.3 Å². The van der Waals surface area contributed by atoms with E-state index >= 15 is 0 Å². The number of halogens is 1. The summed E-state index contributed by atoms with van der Waals surface area (Å²) in [4.78, 5) is 18.3. The highest BCUT2D eigenvalue weighted by atomic mass is 127. The van der Waals surface area contributed by atoms with E-state index in [0.717, 1.165) is 24.6 Å². The van der Waals surface area contributed by atoms with Gasteiger partial charge < -0.3 is 20.3 Å². The first kappa shape index (κ1) is 20.5. The number of alkyl carbamates (subject to hydrolysis) is 1. The molecule has 1 amide bonds. The van der Waals surface area contributed by atoms with E-state index in [1.54, 1.807) is 13.2 Å². The second-order valence-electron chi connectivity index (χ2n) is 6.56. The number of amides is 1. The standard InChI is InChI=1S/C15H26N6O2.HI/c1-15(2,3)23-14(22)19-12-6-8-21(10-12)13(16-4)17-9-11-5-7-18-20-11;/h5,7,12H,6,8-10H2,1-4H3,(H,16,17)(H,18,20)(H,19,22);1H. The van der Waals surface area contributed by atoms with Gasteiger partial charge in [0.05, 0.1) is 18.3 Å². The lowest BCUT2D eigenvalue weighted by Gasteiger charge is -2.23. The molecule has 1 fully saturated rings. The summed E-state index contributed by atoms with van der Waals surface area (Å²) in [6, 6.07) is 1.98. The SMILES string of the molecule is CN=C(NCc1ccn[nH]1)N1CCC(NC(=O)OC(C)(C)C)C1.I. The van der Waals surface area contributed by atoms with Crippen molar-refractivity contribution in [1.82, 2.24) is 25.7 Å². The largest absolute Gasteiger partial charge is 0.444 e. The normalized spacial score (nSPS) is 18.1. The van der Waals surface area contributed by atoms with Crippen LogP contribution in [0.4, 0.5) is 4.79 Å². The highest BCUT2D eigenvalue weighted by molar-refractivity contribution is 14.0. The number of likely N-dealkylation sites (tertiary alicyclic amines) is 1. The fourth-order valence-corrected chi connectivity index (χ4v) is 2.43. The van der Waals surface area contributed by atoms with Gasteiger partial charge in [-0.15, -0.1) is 24.0 Å². The third kappa shape index (κ3) is 6.54. The van der Waals surface area contributed by atoms with Gasteiger partial charge in [-0.05, 0) is 33.3 Å². The Morgan fingerprint density at radius 3 is 2.88 bits per heavy atom. The zero-order valence-electron chi connectivity index (χ0n) is 14.6. The molecule has 2 heterocycles. The van der Waals surface area contributed by atoms with Gasteiger partial charge in [0.2, 0.25) is 0 Å². The number of carbonyl (C=O) groups excluding carboxylic acids is 1. The molecule has 1 unspecified atom stereocenters. The van der Waals surface area contributed by atoms with E-state index in [1.807, 2.05) is 26.8 Å². The molecule has 0 bridgehead atoms. The predicted molar refractivity (Wildman–Crippen MR) is 104 cm³/mol.